The van der Waals surface area contributed by atoms with Gasteiger partial charge in [-0.3, -0.25) is 9.63 Å². The van der Waals surface area contributed by atoms with Crippen molar-refractivity contribution in [3.8, 4) is 5.75 Å². The molecule has 1 amide bonds. The molecule has 0 fully saturated rings. The minimum Gasteiger partial charge on any atom is -0.508 e. The van der Waals surface area contributed by atoms with Crippen molar-refractivity contribution in [1.29, 1.82) is 0 Å². The predicted octanol–water partition coefficient (Wildman–Crippen LogP) is 1.28. The third kappa shape index (κ3) is 1.85. The van der Waals surface area contributed by atoms with Crippen molar-refractivity contribution < 1.29 is 9.90 Å². The zero-order valence-electron chi connectivity index (χ0n) is 5.54. The number of aromatic hydroxyl groups is 1. The average molecular weight is 172 g/mol. The molecule has 1 aromatic carbocycles. The molecule has 0 saturated heterocycles. The molecular weight excluding hydrogens is 166 g/mol. The summed E-state index contributed by atoms with van der Waals surface area (Å²) in [5.41, 5.74) is 0.415. The summed E-state index contributed by atoms with van der Waals surface area (Å²) in [6.07, 6.45) is 0. The molecule has 58 valence electrons. The standard InChI is InChI=1S/C7H6ClNO2/c8-9-7(11)5-1-3-6(10)4-2-5/h1-4,10H,(H,9,11). The van der Waals surface area contributed by atoms with Gasteiger partial charge in [-0.1, -0.05) is 0 Å². The molecular formula is C7H6ClNO2. The molecule has 0 radical (unpaired) electrons. The first-order valence-electron chi connectivity index (χ1n) is 2.94. The minimum atomic E-state index is -0.383. The van der Waals surface area contributed by atoms with Gasteiger partial charge in [0.05, 0.1) is 0 Å². The van der Waals surface area contributed by atoms with Gasteiger partial charge in [0.1, 0.15) is 5.75 Å². The van der Waals surface area contributed by atoms with E-state index in [1.807, 2.05) is 4.84 Å². The molecule has 3 nitrogen and oxygen atoms in total. The van der Waals surface area contributed by atoms with Crippen molar-refractivity contribution in [3.63, 3.8) is 0 Å². The lowest BCUT2D eigenvalue weighted by molar-refractivity contribution is 0.0982. The lowest BCUT2D eigenvalue weighted by atomic mass is 10.2. The molecule has 11 heavy (non-hydrogen) atoms. The molecule has 0 heterocycles. The van der Waals surface area contributed by atoms with E-state index >= 15 is 0 Å². The lowest BCUT2D eigenvalue weighted by Crippen LogP contribution is -2.11. The fourth-order valence-electron chi connectivity index (χ4n) is 0.667. The Morgan fingerprint density at radius 1 is 1.36 bits per heavy atom. The average Bonchev–Trinajstić information content (AvgIpc) is 2.05. The Bertz CT molecular complexity index is 258. The van der Waals surface area contributed by atoms with Gasteiger partial charge in [-0.25, -0.2) is 0 Å². The third-order valence-electron chi connectivity index (χ3n) is 1.22. The van der Waals surface area contributed by atoms with Gasteiger partial charge in [0, 0.05) is 17.3 Å². The fourth-order valence-corrected chi connectivity index (χ4v) is 0.776. The van der Waals surface area contributed by atoms with E-state index in [1.54, 1.807) is 0 Å². The quantitative estimate of drug-likeness (QED) is 0.626. The number of nitrogens with one attached hydrogen (secondary N) is 1. The van der Waals surface area contributed by atoms with E-state index in [0.717, 1.165) is 0 Å². The monoisotopic (exact) mass is 171 g/mol. The number of amides is 1. The van der Waals surface area contributed by atoms with Crippen LogP contribution in [0.2, 0.25) is 0 Å². The van der Waals surface area contributed by atoms with E-state index in [9.17, 15) is 4.79 Å². The normalized spacial score (nSPS) is 9.18. The van der Waals surface area contributed by atoms with Crippen LogP contribution in [-0.2, 0) is 0 Å². The highest BCUT2D eigenvalue weighted by atomic mass is 35.5. The van der Waals surface area contributed by atoms with Crippen LogP contribution in [0.1, 0.15) is 10.4 Å². The summed E-state index contributed by atoms with van der Waals surface area (Å²) in [6.45, 7) is 0. The molecule has 0 aliphatic heterocycles. The van der Waals surface area contributed by atoms with Crippen LogP contribution in [0.15, 0.2) is 24.3 Å². The van der Waals surface area contributed by atoms with Crippen molar-refractivity contribution in [2.24, 2.45) is 0 Å². The van der Waals surface area contributed by atoms with Gasteiger partial charge < -0.3 is 5.11 Å². The van der Waals surface area contributed by atoms with Crippen molar-refractivity contribution in [2.75, 3.05) is 0 Å². The summed E-state index contributed by atoms with van der Waals surface area (Å²) in [4.78, 5) is 12.8. The topological polar surface area (TPSA) is 49.3 Å². The van der Waals surface area contributed by atoms with Crippen LogP contribution in [0.25, 0.3) is 0 Å². The second-order valence-corrected chi connectivity index (χ2v) is 2.16. The Hall–Kier alpha value is -1.22. The van der Waals surface area contributed by atoms with Gasteiger partial charge in [-0.05, 0) is 24.3 Å². The van der Waals surface area contributed by atoms with Gasteiger partial charge in [0.2, 0.25) is 0 Å². The van der Waals surface area contributed by atoms with Crippen LogP contribution < -0.4 is 4.84 Å². The highest BCUT2D eigenvalue weighted by Crippen LogP contribution is 2.09. The summed E-state index contributed by atoms with van der Waals surface area (Å²) >= 11 is 5.06. The first-order valence-corrected chi connectivity index (χ1v) is 3.32. The highest BCUT2D eigenvalue weighted by Gasteiger charge is 2.01. The lowest BCUT2D eigenvalue weighted by Gasteiger charge is -1.96. The summed E-state index contributed by atoms with van der Waals surface area (Å²) in [7, 11) is 0. The second kappa shape index (κ2) is 3.25. The largest absolute Gasteiger partial charge is 0.508 e. The predicted molar refractivity (Wildman–Crippen MR) is 41.4 cm³/mol. The Labute approximate surface area is 68.7 Å². The molecule has 1 aromatic rings. The van der Waals surface area contributed by atoms with E-state index in [1.165, 1.54) is 24.3 Å². The van der Waals surface area contributed by atoms with Crippen LogP contribution in [-0.4, -0.2) is 11.0 Å². The van der Waals surface area contributed by atoms with Crippen molar-refractivity contribution in [2.45, 2.75) is 0 Å². The van der Waals surface area contributed by atoms with Gasteiger partial charge in [0.25, 0.3) is 5.91 Å². The van der Waals surface area contributed by atoms with Gasteiger partial charge in [0.15, 0.2) is 0 Å². The SMILES string of the molecule is O=C(NCl)c1ccc(O)cc1. The van der Waals surface area contributed by atoms with Gasteiger partial charge in [-0.2, -0.15) is 0 Å². The van der Waals surface area contributed by atoms with Crippen molar-refractivity contribution in [3.05, 3.63) is 29.8 Å². The smallest absolute Gasteiger partial charge is 0.265 e. The maximum atomic E-state index is 10.8. The molecule has 2 N–H and O–H groups in total. The van der Waals surface area contributed by atoms with Gasteiger partial charge >= 0.3 is 0 Å². The van der Waals surface area contributed by atoms with Crippen molar-refractivity contribution in [1.82, 2.24) is 4.84 Å². The summed E-state index contributed by atoms with van der Waals surface area (Å²) in [5, 5.41) is 8.85. The number of carbonyl (C=O) groups is 1. The highest BCUT2D eigenvalue weighted by molar-refractivity contribution is 6.24. The molecule has 0 saturated carbocycles. The Morgan fingerprint density at radius 2 is 1.91 bits per heavy atom. The molecule has 0 spiro atoms. The van der Waals surface area contributed by atoms with E-state index < -0.39 is 0 Å². The maximum absolute atomic E-state index is 10.8. The Kier molecular flexibility index (Phi) is 2.33. The van der Waals surface area contributed by atoms with Crippen LogP contribution >= 0.6 is 11.8 Å². The summed E-state index contributed by atoms with van der Waals surface area (Å²) in [6, 6.07) is 5.79. The molecule has 4 heteroatoms. The number of benzene rings is 1. The van der Waals surface area contributed by atoms with E-state index in [2.05, 4.69) is 0 Å². The van der Waals surface area contributed by atoms with Crippen LogP contribution in [0.3, 0.4) is 0 Å². The van der Waals surface area contributed by atoms with Crippen LogP contribution in [0.5, 0.6) is 5.75 Å². The summed E-state index contributed by atoms with van der Waals surface area (Å²) in [5.74, 6) is -0.261. The van der Waals surface area contributed by atoms with Gasteiger partial charge in [-0.15, -0.1) is 0 Å². The number of hydrogen-bond donors (Lipinski definition) is 2. The number of phenols is 1. The number of carbonyl (C=O) groups excluding carboxylic acids is 1. The number of rotatable bonds is 1. The number of hydrogen-bond acceptors (Lipinski definition) is 2. The van der Waals surface area contributed by atoms with E-state index in [-0.39, 0.29) is 11.7 Å². The zero-order chi connectivity index (χ0) is 8.27. The molecule has 0 atom stereocenters. The maximum Gasteiger partial charge on any atom is 0.265 e. The Balaban J connectivity index is 2.90. The molecule has 1 rings (SSSR count). The minimum absolute atomic E-state index is 0.121. The van der Waals surface area contributed by atoms with Crippen LogP contribution in [0.4, 0.5) is 0 Å². The molecule has 0 aliphatic carbocycles. The van der Waals surface area contributed by atoms with E-state index in [0.29, 0.717) is 5.56 Å². The number of phenolic OH excluding ortho intramolecular Hbond substituents is 1. The molecule has 0 unspecified atom stereocenters. The molecule has 0 bridgehead atoms. The Morgan fingerprint density at radius 3 is 2.36 bits per heavy atom. The van der Waals surface area contributed by atoms with E-state index in [4.69, 9.17) is 16.9 Å². The summed E-state index contributed by atoms with van der Waals surface area (Å²) < 4.78 is 0. The molecule has 0 aromatic heterocycles. The first kappa shape index (κ1) is 7.88. The molecule has 0 aliphatic rings. The zero-order valence-corrected chi connectivity index (χ0v) is 6.30. The van der Waals surface area contributed by atoms with Crippen molar-refractivity contribution >= 4 is 17.7 Å². The first-order chi connectivity index (χ1) is 5.24. The second-order valence-electron chi connectivity index (χ2n) is 1.97. The third-order valence-corrected chi connectivity index (χ3v) is 1.39. The fraction of sp³-hybridized carbons (Fsp3) is 0. The van der Waals surface area contributed by atoms with Crippen LogP contribution in [0, 0.1) is 0 Å². The number of halogens is 1.